The van der Waals surface area contributed by atoms with Crippen molar-refractivity contribution in [2.24, 2.45) is 0 Å². The third kappa shape index (κ3) is 4.42. The van der Waals surface area contributed by atoms with Crippen LogP contribution in [0.2, 0.25) is 0 Å². The molecule has 2 aromatic rings. The van der Waals surface area contributed by atoms with E-state index in [1.54, 1.807) is 6.07 Å². The molecule has 0 bridgehead atoms. The van der Waals surface area contributed by atoms with Gasteiger partial charge in [0.05, 0.1) is 11.7 Å². The monoisotopic (exact) mass is 437 g/mol. The first-order valence-electron chi connectivity index (χ1n) is 11.2. The average molecular weight is 438 g/mol. The molecule has 0 saturated carbocycles. The van der Waals surface area contributed by atoms with Crippen LogP contribution in [-0.4, -0.2) is 62.5 Å². The Bertz CT molecular complexity index is 949. The van der Waals surface area contributed by atoms with Gasteiger partial charge in [-0.15, -0.1) is 0 Å². The summed E-state index contributed by atoms with van der Waals surface area (Å²) < 4.78 is 41.8. The first-order chi connectivity index (χ1) is 14.6. The van der Waals surface area contributed by atoms with Gasteiger partial charge in [-0.1, -0.05) is 20.3 Å². The lowest BCUT2D eigenvalue weighted by atomic mass is 10.1. The maximum absolute atomic E-state index is 13.6. The number of carbonyl (C=O) groups is 1. The predicted molar refractivity (Wildman–Crippen MR) is 111 cm³/mol. The summed E-state index contributed by atoms with van der Waals surface area (Å²) in [7, 11) is 0. The number of nitrogens with zero attached hydrogens (tertiary/aromatic N) is 5. The van der Waals surface area contributed by atoms with Crippen LogP contribution in [0.25, 0.3) is 5.65 Å². The van der Waals surface area contributed by atoms with Gasteiger partial charge in [-0.2, -0.15) is 18.3 Å². The molecular formula is C22H30F3N5O. The molecule has 4 heterocycles. The molecule has 4 rings (SSSR count). The fraction of sp³-hybridized carbons (Fsp3) is 0.682. The smallest absolute Gasteiger partial charge is 0.341 e. The summed E-state index contributed by atoms with van der Waals surface area (Å²) in [6, 6.07) is 2.57. The summed E-state index contributed by atoms with van der Waals surface area (Å²) in [4.78, 5) is 21.5. The Morgan fingerprint density at radius 3 is 2.45 bits per heavy atom. The Morgan fingerprint density at radius 1 is 1.10 bits per heavy atom. The minimum Gasteiger partial charge on any atom is -0.341 e. The van der Waals surface area contributed by atoms with Gasteiger partial charge in [0, 0.05) is 30.8 Å². The van der Waals surface area contributed by atoms with Crippen LogP contribution >= 0.6 is 0 Å². The van der Waals surface area contributed by atoms with Crippen LogP contribution in [0.15, 0.2) is 12.1 Å². The van der Waals surface area contributed by atoms with E-state index in [-0.39, 0.29) is 29.4 Å². The van der Waals surface area contributed by atoms with Crippen LogP contribution in [0.3, 0.4) is 0 Å². The van der Waals surface area contributed by atoms with Gasteiger partial charge in [0.2, 0.25) is 5.91 Å². The summed E-state index contributed by atoms with van der Waals surface area (Å²) in [6.07, 6.45) is -0.372. The van der Waals surface area contributed by atoms with Crippen LogP contribution in [0, 0.1) is 0 Å². The van der Waals surface area contributed by atoms with Gasteiger partial charge in [0.1, 0.15) is 5.69 Å². The molecule has 2 fully saturated rings. The molecule has 2 atom stereocenters. The van der Waals surface area contributed by atoms with E-state index in [0.717, 1.165) is 36.5 Å². The minimum atomic E-state index is -4.52. The lowest BCUT2D eigenvalue weighted by Gasteiger charge is -2.33. The average Bonchev–Trinajstić information content (AvgIpc) is 3.38. The molecule has 31 heavy (non-hydrogen) atoms. The number of carbonyl (C=O) groups excluding carboxylic acids is 1. The van der Waals surface area contributed by atoms with E-state index in [9.17, 15) is 18.0 Å². The molecule has 0 aliphatic carbocycles. The normalized spacial score (nSPS) is 21.9. The highest BCUT2D eigenvalue weighted by Gasteiger charge is 2.37. The minimum absolute atomic E-state index is 0.0808. The molecule has 2 saturated heterocycles. The number of fused-ring (bicyclic) bond motifs is 1. The standard InChI is InChI=1S/C22H30F3N5O/c1-14(2)17-11-19(22(23,24)25)30-20(26-17)12-18(27-30)16-7-10-29(13-16)21(31)15(3)28-8-5-4-6-9-28/h11-12,14-16H,4-10,13H2,1-3H3/t15-,16-/m0/s1. The van der Waals surface area contributed by atoms with Gasteiger partial charge in [0.25, 0.3) is 0 Å². The topological polar surface area (TPSA) is 53.7 Å². The Kier molecular flexibility index (Phi) is 5.98. The molecule has 0 spiro atoms. The van der Waals surface area contributed by atoms with E-state index in [1.807, 2.05) is 25.7 Å². The summed E-state index contributed by atoms with van der Waals surface area (Å²) in [6.45, 7) is 8.58. The molecular weight excluding hydrogens is 407 g/mol. The van der Waals surface area contributed by atoms with Crippen LogP contribution in [-0.2, 0) is 11.0 Å². The van der Waals surface area contributed by atoms with Crippen molar-refractivity contribution >= 4 is 11.6 Å². The van der Waals surface area contributed by atoms with Gasteiger partial charge >= 0.3 is 6.18 Å². The number of aromatic nitrogens is 3. The van der Waals surface area contributed by atoms with Crippen LogP contribution in [0.1, 0.15) is 75.4 Å². The SMILES string of the molecule is CC(C)c1cc(C(F)(F)F)n2nc([C@H]3CCN(C(=O)[C@H](C)N4CCCCC4)C3)cc2n1. The van der Waals surface area contributed by atoms with Crippen molar-refractivity contribution in [2.75, 3.05) is 26.2 Å². The fourth-order valence-electron chi connectivity index (χ4n) is 4.64. The zero-order valence-electron chi connectivity index (χ0n) is 18.3. The van der Waals surface area contributed by atoms with E-state index < -0.39 is 11.9 Å². The zero-order chi connectivity index (χ0) is 22.3. The number of halogens is 3. The molecule has 2 aromatic heterocycles. The quantitative estimate of drug-likeness (QED) is 0.724. The van der Waals surface area contributed by atoms with Gasteiger partial charge in [0.15, 0.2) is 5.65 Å². The first-order valence-corrected chi connectivity index (χ1v) is 11.2. The third-order valence-corrected chi connectivity index (χ3v) is 6.56. The molecule has 0 N–H and O–H groups in total. The number of piperidine rings is 1. The lowest BCUT2D eigenvalue weighted by molar-refractivity contribution is -0.142. The molecule has 0 radical (unpaired) electrons. The van der Waals surface area contributed by atoms with E-state index >= 15 is 0 Å². The maximum Gasteiger partial charge on any atom is 0.433 e. The molecule has 0 aromatic carbocycles. The summed E-state index contributed by atoms with van der Waals surface area (Å²) in [5.74, 6) is -0.104. The van der Waals surface area contributed by atoms with Crippen LogP contribution in [0.4, 0.5) is 13.2 Å². The van der Waals surface area contributed by atoms with Crippen molar-refractivity contribution in [1.29, 1.82) is 0 Å². The fourth-order valence-corrected chi connectivity index (χ4v) is 4.64. The molecule has 2 aliphatic rings. The second-order valence-electron chi connectivity index (χ2n) is 9.10. The summed E-state index contributed by atoms with van der Waals surface area (Å²) in [5.41, 5.74) is 0.363. The summed E-state index contributed by atoms with van der Waals surface area (Å²) in [5, 5.41) is 4.28. The van der Waals surface area contributed by atoms with E-state index in [1.165, 1.54) is 6.42 Å². The van der Waals surface area contributed by atoms with Crippen LogP contribution in [0.5, 0.6) is 0 Å². The maximum atomic E-state index is 13.6. The van der Waals surface area contributed by atoms with Gasteiger partial charge in [-0.3, -0.25) is 9.69 Å². The van der Waals surface area contributed by atoms with Gasteiger partial charge < -0.3 is 4.90 Å². The van der Waals surface area contributed by atoms with Crippen molar-refractivity contribution in [3.63, 3.8) is 0 Å². The van der Waals surface area contributed by atoms with Crippen molar-refractivity contribution < 1.29 is 18.0 Å². The molecule has 170 valence electrons. The molecule has 0 unspecified atom stereocenters. The number of rotatable bonds is 4. The van der Waals surface area contributed by atoms with E-state index in [4.69, 9.17) is 0 Å². The number of hydrogen-bond acceptors (Lipinski definition) is 4. The van der Waals surface area contributed by atoms with Crippen LogP contribution < -0.4 is 0 Å². The number of likely N-dealkylation sites (tertiary alicyclic amines) is 2. The largest absolute Gasteiger partial charge is 0.433 e. The highest BCUT2D eigenvalue weighted by Crippen LogP contribution is 2.33. The molecule has 2 aliphatic heterocycles. The Morgan fingerprint density at radius 2 is 1.81 bits per heavy atom. The number of hydrogen-bond donors (Lipinski definition) is 0. The summed E-state index contributed by atoms with van der Waals surface area (Å²) >= 11 is 0. The van der Waals surface area contributed by atoms with Crippen molar-refractivity contribution in [1.82, 2.24) is 24.4 Å². The Labute approximate surface area is 180 Å². The second kappa shape index (κ2) is 8.41. The van der Waals surface area contributed by atoms with Crippen molar-refractivity contribution in [3.8, 4) is 0 Å². The second-order valence-corrected chi connectivity index (χ2v) is 9.10. The predicted octanol–water partition coefficient (Wildman–Crippen LogP) is 4.06. The van der Waals surface area contributed by atoms with E-state index in [0.29, 0.717) is 30.9 Å². The zero-order valence-corrected chi connectivity index (χ0v) is 18.3. The highest BCUT2D eigenvalue weighted by molar-refractivity contribution is 5.81. The highest BCUT2D eigenvalue weighted by atomic mass is 19.4. The van der Waals surface area contributed by atoms with Gasteiger partial charge in [-0.25, -0.2) is 9.50 Å². The van der Waals surface area contributed by atoms with Crippen molar-refractivity contribution in [3.05, 3.63) is 29.2 Å². The van der Waals surface area contributed by atoms with Gasteiger partial charge in [-0.05, 0) is 51.3 Å². The van der Waals surface area contributed by atoms with E-state index in [2.05, 4.69) is 15.0 Å². The molecule has 9 heteroatoms. The molecule has 1 amide bonds. The number of amides is 1. The lowest BCUT2D eigenvalue weighted by Crippen LogP contribution is -2.48. The molecule has 6 nitrogen and oxygen atoms in total. The first kappa shape index (κ1) is 22.0. The number of alkyl halides is 3. The van der Waals surface area contributed by atoms with Crippen molar-refractivity contribution in [2.45, 2.75) is 70.5 Å². The Hall–Kier alpha value is -2.16. The third-order valence-electron chi connectivity index (χ3n) is 6.56. The Balaban J connectivity index is 1.55.